The molecule has 2 aromatic heterocycles. The van der Waals surface area contributed by atoms with Gasteiger partial charge in [0.05, 0.1) is 22.3 Å². The molecule has 1 aromatic carbocycles. The molecule has 8 nitrogen and oxygen atoms in total. The highest BCUT2D eigenvalue weighted by atomic mass is 35.5. The smallest absolute Gasteiger partial charge is 0.274 e. The number of anilines is 1. The maximum atomic E-state index is 12.9. The predicted octanol–water partition coefficient (Wildman–Crippen LogP) is 3.45. The molecule has 0 fully saturated rings. The van der Waals surface area contributed by atoms with Crippen LogP contribution in [0.4, 0.5) is 5.69 Å². The molecule has 1 aliphatic rings. The third-order valence-corrected chi connectivity index (χ3v) is 7.87. The van der Waals surface area contributed by atoms with Crippen LogP contribution in [-0.2, 0) is 16.6 Å². The number of thiazole rings is 1. The van der Waals surface area contributed by atoms with E-state index in [0.717, 1.165) is 13.9 Å². The Labute approximate surface area is 181 Å². The summed E-state index contributed by atoms with van der Waals surface area (Å²) in [6, 6.07) is 5.38. The van der Waals surface area contributed by atoms with Crippen LogP contribution in [0, 0.1) is 0 Å². The average Bonchev–Trinajstić information content (AvgIpc) is 3.31. The molecule has 30 heavy (non-hydrogen) atoms. The van der Waals surface area contributed by atoms with Gasteiger partial charge in [0.2, 0.25) is 0 Å². The van der Waals surface area contributed by atoms with E-state index in [4.69, 9.17) is 11.6 Å². The Morgan fingerprint density at radius 1 is 1.33 bits per heavy atom. The van der Waals surface area contributed by atoms with E-state index in [1.165, 1.54) is 41.8 Å². The van der Waals surface area contributed by atoms with Gasteiger partial charge in [-0.15, -0.1) is 11.3 Å². The van der Waals surface area contributed by atoms with Gasteiger partial charge in [0.25, 0.3) is 21.8 Å². The molecule has 0 bridgehead atoms. The second-order valence-corrected chi connectivity index (χ2v) is 10.3. The zero-order valence-electron chi connectivity index (χ0n) is 16.0. The van der Waals surface area contributed by atoms with Gasteiger partial charge in [-0.25, -0.2) is 17.4 Å². The van der Waals surface area contributed by atoms with Crippen molar-refractivity contribution in [2.24, 2.45) is 0 Å². The van der Waals surface area contributed by atoms with Crippen LogP contribution in [0.3, 0.4) is 0 Å². The summed E-state index contributed by atoms with van der Waals surface area (Å²) in [4.78, 5) is 30.2. The Morgan fingerprint density at radius 2 is 2.10 bits per heavy atom. The van der Waals surface area contributed by atoms with Crippen LogP contribution in [0.5, 0.6) is 0 Å². The fourth-order valence-electron chi connectivity index (χ4n) is 3.02. The van der Waals surface area contributed by atoms with Crippen LogP contribution in [0.1, 0.15) is 50.5 Å². The van der Waals surface area contributed by atoms with Gasteiger partial charge in [-0.3, -0.25) is 9.59 Å². The van der Waals surface area contributed by atoms with E-state index in [9.17, 15) is 18.0 Å². The fourth-order valence-corrected chi connectivity index (χ4v) is 5.65. The first-order valence-electron chi connectivity index (χ1n) is 8.99. The van der Waals surface area contributed by atoms with E-state index in [1.54, 1.807) is 6.20 Å². The maximum Gasteiger partial charge on any atom is 0.274 e. The lowest BCUT2D eigenvalue weighted by molar-refractivity contribution is 0.0949. The first-order valence-corrected chi connectivity index (χ1v) is 11.6. The van der Waals surface area contributed by atoms with Crippen molar-refractivity contribution < 1.29 is 18.0 Å². The minimum Gasteiger partial charge on any atom is -0.347 e. The van der Waals surface area contributed by atoms with Crippen LogP contribution in [0.15, 0.2) is 41.6 Å². The zero-order valence-corrected chi connectivity index (χ0v) is 18.4. The van der Waals surface area contributed by atoms with Crippen molar-refractivity contribution in [3.05, 3.63) is 62.8 Å². The van der Waals surface area contributed by atoms with Gasteiger partial charge in [-0.05, 0) is 24.3 Å². The predicted molar refractivity (Wildman–Crippen MR) is 114 cm³/mol. The maximum absolute atomic E-state index is 12.9. The van der Waals surface area contributed by atoms with Gasteiger partial charge in [0, 0.05) is 28.8 Å². The van der Waals surface area contributed by atoms with E-state index in [-0.39, 0.29) is 26.9 Å². The molecule has 0 unspecified atom stereocenters. The molecule has 1 aliphatic heterocycles. The highest BCUT2D eigenvalue weighted by Gasteiger charge is 2.32. The zero-order chi connectivity index (χ0) is 21.6. The number of carbonyl (C=O) groups is 2. The number of aromatic nitrogens is 2. The molecule has 4 rings (SSSR count). The average molecular weight is 465 g/mol. The van der Waals surface area contributed by atoms with Crippen molar-refractivity contribution >= 4 is 50.5 Å². The van der Waals surface area contributed by atoms with Crippen LogP contribution in [0.25, 0.3) is 0 Å². The standard InChI is InChI=1S/C19H17ClN4O4S2/c1-10(2)19-22-9-12(29-19)8-21-17(25)11-3-4-15-14(7-11)23-18(26)16-13(20)5-6-24(16)30(15,27)28/h3-7,9-10H,8H2,1-2H3,(H,21,25)(H,23,26). The Morgan fingerprint density at radius 3 is 2.80 bits per heavy atom. The summed E-state index contributed by atoms with van der Waals surface area (Å²) in [6.45, 7) is 4.39. The normalized spacial score (nSPS) is 14.6. The summed E-state index contributed by atoms with van der Waals surface area (Å²) < 4.78 is 26.7. The second kappa shape index (κ2) is 7.53. The van der Waals surface area contributed by atoms with Crippen molar-refractivity contribution in [2.45, 2.75) is 31.2 Å². The molecule has 0 saturated carbocycles. The van der Waals surface area contributed by atoms with E-state index >= 15 is 0 Å². The molecule has 2 amide bonds. The van der Waals surface area contributed by atoms with Crippen molar-refractivity contribution in [2.75, 3.05) is 5.32 Å². The van der Waals surface area contributed by atoms with Gasteiger partial charge >= 0.3 is 0 Å². The number of amides is 2. The molecule has 156 valence electrons. The minimum atomic E-state index is -4.04. The van der Waals surface area contributed by atoms with E-state index in [1.807, 2.05) is 13.8 Å². The molecule has 3 aromatic rings. The van der Waals surface area contributed by atoms with Crippen molar-refractivity contribution in [1.29, 1.82) is 0 Å². The molecule has 2 N–H and O–H groups in total. The highest BCUT2D eigenvalue weighted by Crippen LogP contribution is 2.32. The third-order valence-electron chi connectivity index (χ3n) is 4.53. The Kier molecular flexibility index (Phi) is 5.16. The number of nitrogens with one attached hydrogen (secondary N) is 2. The van der Waals surface area contributed by atoms with Crippen LogP contribution < -0.4 is 10.6 Å². The lowest BCUT2D eigenvalue weighted by Crippen LogP contribution is -2.22. The number of halogens is 1. The van der Waals surface area contributed by atoms with Crippen LogP contribution in [-0.4, -0.2) is 29.2 Å². The summed E-state index contributed by atoms with van der Waals surface area (Å²) >= 11 is 7.50. The van der Waals surface area contributed by atoms with Crippen molar-refractivity contribution in [1.82, 2.24) is 14.3 Å². The molecular formula is C19H17ClN4O4S2. The topological polar surface area (TPSA) is 110 Å². The number of carbonyl (C=O) groups excluding carboxylic acids is 2. The summed E-state index contributed by atoms with van der Waals surface area (Å²) in [7, 11) is -4.04. The molecule has 0 radical (unpaired) electrons. The van der Waals surface area contributed by atoms with Crippen LogP contribution >= 0.6 is 22.9 Å². The first-order chi connectivity index (χ1) is 14.2. The Balaban J connectivity index is 1.60. The van der Waals surface area contributed by atoms with Gasteiger partial charge in [-0.1, -0.05) is 25.4 Å². The van der Waals surface area contributed by atoms with Crippen molar-refractivity contribution in [3.63, 3.8) is 0 Å². The second-order valence-electron chi connectivity index (χ2n) is 6.98. The highest BCUT2D eigenvalue weighted by molar-refractivity contribution is 7.90. The number of fused-ring (bicyclic) bond motifs is 2. The van der Waals surface area contributed by atoms with E-state index in [0.29, 0.717) is 12.5 Å². The molecule has 0 saturated heterocycles. The van der Waals surface area contributed by atoms with Crippen molar-refractivity contribution in [3.8, 4) is 0 Å². The van der Waals surface area contributed by atoms with Gasteiger partial charge < -0.3 is 10.6 Å². The SMILES string of the molecule is CC(C)c1ncc(CNC(=O)c2ccc3c(c2)NC(=O)c2c(Cl)ccn2S3(=O)=O)s1. The van der Waals surface area contributed by atoms with E-state index in [2.05, 4.69) is 15.6 Å². The summed E-state index contributed by atoms with van der Waals surface area (Å²) in [5.41, 5.74) is 0.0628. The fraction of sp³-hybridized carbons (Fsp3) is 0.211. The lowest BCUT2D eigenvalue weighted by Gasteiger charge is -2.10. The molecule has 11 heteroatoms. The summed E-state index contributed by atoms with van der Waals surface area (Å²) in [5.74, 6) is -0.759. The van der Waals surface area contributed by atoms with Gasteiger partial charge in [0.15, 0.2) is 0 Å². The molecule has 0 aliphatic carbocycles. The summed E-state index contributed by atoms with van der Waals surface area (Å²) in [5, 5.41) is 6.33. The minimum absolute atomic E-state index is 0.0205. The molecule has 0 atom stereocenters. The molecular weight excluding hydrogens is 448 g/mol. The Hall–Kier alpha value is -2.69. The first kappa shape index (κ1) is 20.6. The van der Waals surface area contributed by atoms with Gasteiger partial charge in [-0.2, -0.15) is 0 Å². The summed E-state index contributed by atoms with van der Waals surface area (Å²) in [6.07, 6.45) is 2.95. The lowest BCUT2D eigenvalue weighted by atomic mass is 10.2. The number of rotatable bonds is 4. The molecule has 3 heterocycles. The number of nitrogens with zero attached hydrogens (tertiary/aromatic N) is 2. The molecule has 0 spiro atoms. The largest absolute Gasteiger partial charge is 0.347 e. The number of benzene rings is 1. The number of hydrogen-bond donors (Lipinski definition) is 2. The van der Waals surface area contributed by atoms with E-state index < -0.39 is 21.8 Å². The monoisotopic (exact) mass is 464 g/mol. The third kappa shape index (κ3) is 3.51. The van der Waals surface area contributed by atoms with Gasteiger partial charge in [0.1, 0.15) is 10.6 Å². The number of hydrogen-bond acceptors (Lipinski definition) is 6. The Bertz CT molecular complexity index is 1280. The van der Waals surface area contributed by atoms with Crippen LogP contribution in [0.2, 0.25) is 5.02 Å². The quantitative estimate of drug-likeness (QED) is 0.614.